The van der Waals surface area contributed by atoms with Gasteiger partial charge in [0.05, 0.1) is 23.7 Å². The second kappa shape index (κ2) is 11.1. The lowest BCUT2D eigenvalue weighted by atomic mass is 9.93. The quantitative estimate of drug-likeness (QED) is 0.246. The lowest BCUT2D eigenvalue weighted by Crippen LogP contribution is -2.55. The molecule has 1 aromatic heterocycles. The zero-order valence-electron chi connectivity index (χ0n) is 21.5. The van der Waals surface area contributed by atoms with Crippen LogP contribution in [-0.2, 0) is 4.74 Å². The molecule has 4 N–H and O–H groups in total. The number of ether oxygens (including phenoxy) is 1. The highest BCUT2D eigenvalue weighted by Gasteiger charge is 2.48. The van der Waals surface area contributed by atoms with Crippen molar-refractivity contribution in [3.8, 4) is 11.3 Å². The van der Waals surface area contributed by atoms with E-state index in [1.165, 1.54) is 6.20 Å². The molecule has 1 saturated heterocycles. The predicted molar refractivity (Wildman–Crippen MR) is 143 cm³/mol. The number of benzene rings is 3. The average Bonchev–Trinajstić information content (AvgIpc) is 3.40. The van der Waals surface area contributed by atoms with Crippen LogP contribution in [0.1, 0.15) is 30.7 Å². The molecular weight excluding hydrogens is 547 g/mol. The first-order chi connectivity index (χ1) is 19.0. The number of thioether (sulfide) groups is 1. The van der Waals surface area contributed by atoms with Crippen LogP contribution in [0.25, 0.3) is 22.0 Å². The zero-order chi connectivity index (χ0) is 28.8. The van der Waals surface area contributed by atoms with Gasteiger partial charge in [0.15, 0.2) is 17.5 Å². The first-order valence-corrected chi connectivity index (χ1v) is 13.5. The van der Waals surface area contributed by atoms with Crippen LogP contribution in [0.4, 0.5) is 13.2 Å². The lowest BCUT2D eigenvalue weighted by molar-refractivity contribution is -0.178. The number of hydrogen-bond donors (Lipinski definition) is 4. The zero-order valence-corrected chi connectivity index (χ0v) is 22.3. The van der Waals surface area contributed by atoms with Crippen molar-refractivity contribution in [2.75, 3.05) is 6.61 Å². The number of fused-ring (bicyclic) bond motifs is 1. The summed E-state index contributed by atoms with van der Waals surface area (Å²) in [5, 5.41) is 52.6. The van der Waals surface area contributed by atoms with Gasteiger partial charge in [-0.05, 0) is 42.3 Å². The van der Waals surface area contributed by atoms with Crippen LogP contribution in [0.2, 0.25) is 0 Å². The van der Waals surface area contributed by atoms with Crippen molar-refractivity contribution < 1.29 is 38.3 Å². The largest absolute Gasteiger partial charge is 0.394 e. The van der Waals surface area contributed by atoms with Crippen molar-refractivity contribution in [2.24, 2.45) is 0 Å². The molecule has 8 nitrogen and oxygen atoms in total. The molecule has 0 amide bonds. The van der Waals surface area contributed by atoms with Crippen LogP contribution in [0.15, 0.2) is 60.8 Å². The second-order valence-corrected chi connectivity index (χ2v) is 11.5. The van der Waals surface area contributed by atoms with Crippen molar-refractivity contribution in [2.45, 2.75) is 54.5 Å². The molecule has 12 heteroatoms. The Labute approximate surface area is 232 Å². The summed E-state index contributed by atoms with van der Waals surface area (Å²) < 4.78 is 48.1. The first-order valence-electron chi connectivity index (χ1n) is 12.5. The molecule has 5 rings (SSSR count). The summed E-state index contributed by atoms with van der Waals surface area (Å²) in [6.07, 6.45) is -2.73. The number of aliphatic hydroxyl groups is 4. The third-order valence-electron chi connectivity index (χ3n) is 6.96. The molecule has 40 heavy (non-hydrogen) atoms. The number of rotatable bonds is 7. The van der Waals surface area contributed by atoms with Crippen molar-refractivity contribution >= 4 is 22.5 Å². The van der Waals surface area contributed by atoms with Crippen LogP contribution in [-0.4, -0.2) is 71.4 Å². The van der Waals surface area contributed by atoms with Gasteiger partial charge in [-0.15, -0.1) is 16.9 Å². The second-order valence-electron chi connectivity index (χ2n) is 10.3. The topological polar surface area (TPSA) is 121 Å². The Bertz CT molecular complexity index is 1490. The lowest BCUT2D eigenvalue weighted by Gasteiger charge is -2.44. The normalized spacial score (nSPS) is 24.4. The van der Waals surface area contributed by atoms with Crippen LogP contribution in [0, 0.1) is 17.5 Å². The summed E-state index contributed by atoms with van der Waals surface area (Å²) in [6.45, 7) is 2.70. The number of aliphatic hydroxyl groups excluding tert-OH is 3. The molecule has 0 saturated carbocycles. The van der Waals surface area contributed by atoms with Gasteiger partial charge in [0.2, 0.25) is 0 Å². The predicted octanol–water partition coefficient (Wildman–Crippen LogP) is 3.74. The van der Waals surface area contributed by atoms with Gasteiger partial charge in [-0.25, -0.2) is 17.9 Å². The molecule has 212 valence electrons. The van der Waals surface area contributed by atoms with Gasteiger partial charge in [-0.3, -0.25) is 0 Å². The van der Waals surface area contributed by atoms with Gasteiger partial charge in [0, 0.05) is 5.56 Å². The van der Waals surface area contributed by atoms with Crippen LogP contribution in [0.5, 0.6) is 0 Å². The monoisotopic (exact) mass is 575 g/mol. The highest BCUT2D eigenvalue weighted by atomic mass is 32.2. The molecule has 1 aliphatic heterocycles. The van der Waals surface area contributed by atoms with Crippen LogP contribution < -0.4 is 0 Å². The third-order valence-corrected chi connectivity index (χ3v) is 8.72. The van der Waals surface area contributed by atoms with E-state index in [4.69, 9.17) is 4.74 Å². The fraction of sp³-hybridized carbons (Fsp3) is 0.357. The summed E-state index contributed by atoms with van der Waals surface area (Å²) in [5.74, 6) is -4.43. The number of aromatic nitrogens is 3. The Morgan fingerprint density at radius 1 is 1.02 bits per heavy atom. The molecule has 1 fully saturated rings. The summed E-state index contributed by atoms with van der Waals surface area (Å²) in [5.41, 5.74) is -1.65. The Kier molecular flexibility index (Phi) is 7.92. The van der Waals surface area contributed by atoms with Crippen molar-refractivity contribution in [1.82, 2.24) is 15.0 Å². The Balaban J connectivity index is 1.49. The summed E-state index contributed by atoms with van der Waals surface area (Å²) in [7, 11) is 0. The standard InChI is InChI=1S/C28H28F3N3O5S/c1-28(2,38)26(17-9-5-7-14-6-3-4-8-16(14)17)40-27-25(37)23(24(36)21(13-35)39-27)34-12-20(32-33-34)15-10-18(29)22(31)19(30)11-15/h3-12,21,23-27,35-38H,13H2,1-2H3/t21-,23+,24+,25-,26+,27+/m1/s1. The maximum Gasteiger partial charge on any atom is 0.194 e. The van der Waals surface area contributed by atoms with E-state index in [1.54, 1.807) is 13.8 Å². The van der Waals surface area contributed by atoms with E-state index in [9.17, 15) is 33.6 Å². The van der Waals surface area contributed by atoms with Crippen molar-refractivity contribution in [3.63, 3.8) is 0 Å². The maximum atomic E-state index is 13.8. The minimum Gasteiger partial charge on any atom is -0.394 e. The van der Waals surface area contributed by atoms with Gasteiger partial charge in [-0.1, -0.05) is 47.7 Å². The fourth-order valence-electron chi connectivity index (χ4n) is 4.98. The molecule has 0 radical (unpaired) electrons. The number of hydrogen-bond acceptors (Lipinski definition) is 8. The van der Waals surface area contributed by atoms with Gasteiger partial charge in [-0.2, -0.15) is 0 Å². The van der Waals surface area contributed by atoms with Crippen LogP contribution in [0.3, 0.4) is 0 Å². The van der Waals surface area contributed by atoms with E-state index in [-0.39, 0.29) is 11.3 Å². The Morgan fingerprint density at radius 2 is 1.70 bits per heavy atom. The fourth-order valence-corrected chi connectivity index (χ4v) is 6.47. The molecule has 2 heterocycles. The Morgan fingerprint density at radius 3 is 2.38 bits per heavy atom. The molecule has 0 spiro atoms. The van der Waals surface area contributed by atoms with Crippen molar-refractivity contribution in [3.05, 3.63) is 83.8 Å². The minimum atomic E-state index is -1.62. The summed E-state index contributed by atoms with van der Waals surface area (Å²) in [6, 6.07) is 13.7. The van der Waals surface area contributed by atoms with Gasteiger partial charge in [0.1, 0.15) is 35.5 Å². The van der Waals surface area contributed by atoms with Crippen molar-refractivity contribution in [1.29, 1.82) is 0 Å². The van der Waals surface area contributed by atoms with E-state index in [2.05, 4.69) is 10.3 Å². The van der Waals surface area contributed by atoms with E-state index >= 15 is 0 Å². The molecule has 4 aromatic rings. The first kappa shape index (κ1) is 28.5. The number of nitrogens with zero attached hydrogens (tertiary/aromatic N) is 3. The average molecular weight is 576 g/mol. The molecule has 0 bridgehead atoms. The van der Waals surface area contributed by atoms with Gasteiger partial charge < -0.3 is 25.2 Å². The van der Waals surface area contributed by atoms with Crippen LogP contribution >= 0.6 is 11.8 Å². The third kappa shape index (κ3) is 5.35. The highest BCUT2D eigenvalue weighted by Crippen LogP contribution is 2.47. The molecule has 1 aliphatic rings. The molecule has 0 aliphatic carbocycles. The van der Waals surface area contributed by atoms with E-state index in [0.29, 0.717) is 0 Å². The van der Waals surface area contributed by atoms with E-state index < -0.39 is 64.7 Å². The molecule has 3 aromatic carbocycles. The molecule has 6 atom stereocenters. The molecule has 0 unspecified atom stereocenters. The Hall–Kier alpha value is -3.00. The number of halogens is 3. The van der Waals surface area contributed by atoms with Gasteiger partial charge in [0.25, 0.3) is 0 Å². The highest BCUT2D eigenvalue weighted by molar-refractivity contribution is 8.00. The minimum absolute atomic E-state index is 0.0291. The van der Waals surface area contributed by atoms with E-state index in [1.807, 2.05) is 42.5 Å². The summed E-state index contributed by atoms with van der Waals surface area (Å²) >= 11 is 1.13. The maximum absolute atomic E-state index is 13.8. The smallest absolute Gasteiger partial charge is 0.194 e. The van der Waals surface area contributed by atoms with Gasteiger partial charge >= 0.3 is 0 Å². The summed E-state index contributed by atoms with van der Waals surface area (Å²) in [4.78, 5) is 0. The molecular formula is C28H28F3N3O5S. The SMILES string of the molecule is CC(C)(O)[C@@H](S[C@@H]1O[C@H](CO)[C@H](O)[C@H](n2cc(-c3cc(F)c(F)c(F)c3)nn2)[C@H]1O)c1cccc2ccccc12. The van der Waals surface area contributed by atoms with E-state index in [0.717, 1.165) is 44.9 Å².